The molecule has 6 nitrogen and oxygen atoms in total. The molecular weight excluding hydrogens is 457 g/mol. The van der Waals surface area contributed by atoms with E-state index >= 15 is 0 Å². The van der Waals surface area contributed by atoms with Crippen LogP contribution in [0.3, 0.4) is 0 Å². The van der Waals surface area contributed by atoms with Gasteiger partial charge in [0.2, 0.25) is 0 Å². The van der Waals surface area contributed by atoms with Gasteiger partial charge in [-0.2, -0.15) is 0 Å². The Morgan fingerprint density at radius 2 is 1.51 bits per heavy atom. The van der Waals surface area contributed by atoms with Gasteiger partial charge in [-0.25, -0.2) is 18.2 Å². The minimum atomic E-state index is -1.44. The standard InChI is InChI=1S/C26H19F3N4O2/c27-18-7-5-17(6-8-18)16-33(26(35)23-15-30-13-14-31-23)24(21-3-1-2-4-22(21)29)25(34)32-20-11-9-19(28)10-12-20/h1-15,24H,16H2,(H,32,34)/t24-/m1/s1. The molecule has 3 aromatic carbocycles. The van der Waals surface area contributed by atoms with Gasteiger partial charge in [0.15, 0.2) is 0 Å². The Morgan fingerprint density at radius 1 is 0.857 bits per heavy atom. The zero-order valence-electron chi connectivity index (χ0n) is 18.2. The topological polar surface area (TPSA) is 75.2 Å². The second kappa shape index (κ2) is 10.6. The van der Waals surface area contributed by atoms with Crippen molar-refractivity contribution in [2.45, 2.75) is 12.6 Å². The van der Waals surface area contributed by atoms with Crippen LogP contribution in [0.2, 0.25) is 0 Å². The van der Waals surface area contributed by atoms with Gasteiger partial charge in [0.1, 0.15) is 29.2 Å². The van der Waals surface area contributed by atoms with Crippen LogP contribution in [0, 0.1) is 17.5 Å². The Hall–Kier alpha value is -4.53. The highest BCUT2D eigenvalue weighted by molar-refractivity contribution is 6.00. The lowest BCUT2D eigenvalue weighted by Gasteiger charge is -2.31. The van der Waals surface area contributed by atoms with Gasteiger partial charge in [-0.3, -0.25) is 14.6 Å². The molecular formula is C26H19F3N4O2. The highest BCUT2D eigenvalue weighted by Gasteiger charge is 2.34. The van der Waals surface area contributed by atoms with Gasteiger partial charge < -0.3 is 10.2 Å². The average molecular weight is 476 g/mol. The Morgan fingerprint density at radius 3 is 2.14 bits per heavy atom. The Bertz CT molecular complexity index is 1320. The molecule has 2 amide bonds. The first-order chi connectivity index (χ1) is 16.9. The lowest BCUT2D eigenvalue weighted by atomic mass is 10.0. The maximum atomic E-state index is 15.0. The summed E-state index contributed by atoms with van der Waals surface area (Å²) in [6, 6.07) is 14.5. The van der Waals surface area contributed by atoms with E-state index in [1.807, 2.05) is 0 Å². The molecule has 0 saturated carbocycles. The number of halogens is 3. The van der Waals surface area contributed by atoms with Gasteiger partial charge in [0, 0.05) is 30.2 Å². The lowest BCUT2D eigenvalue weighted by Crippen LogP contribution is -2.41. The molecule has 0 aliphatic heterocycles. The summed E-state index contributed by atoms with van der Waals surface area (Å²) in [7, 11) is 0. The van der Waals surface area contributed by atoms with Crippen molar-refractivity contribution in [3.63, 3.8) is 0 Å². The van der Waals surface area contributed by atoms with Gasteiger partial charge >= 0.3 is 0 Å². The van der Waals surface area contributed by atoms with E-state index in [1.165, 1.54) is 73.2 Å². The van der Waals surface area contributed by atoms with Crippen molar-refractivity contribution in [2.24, 2.45) is 0 Å². The predicted molar refractivity (Wildman–Crippen MR) is 122 cm³/mol. The number of rotatable bonds is 7. The van der Waals surface area contributed by atoms with Crippen LogP contribution in [0.15, 0.2) is 91.4 Å². The first-order valence-corrected chi connectivity index (χ1v) is 10.5. The number of carbonyl (C=O) groups excluding carboxylic acids is 2. The minimum Gasteiger partial charge on any atom is -0.324 e. The molecule has 4 rings (SSSR count). The van der Waals surface area contributed by atoms with Crippen LogP contribution in [0.1, 0.15) is 27.7 Å². The number of hydrogen-bond acceptors (Lipinski definition) is 4. The number of hydrogen-bond donors (Lipinski definition) is 1. The first kappa shape index (κ1) is 23.6. The van der Waals surface area contributed by atoms with Crippen molar-refractivity contribution < 1.29 is 22.8 Å². The van der Waals surface area contributed by atoms with Gasteiger partial charge in [-0.1, -0.05) is 30.3 Å². The molecule has 0 bridgehead atoms. The van der Waals surface area contributed by atoms with Gasteiger partial charge in [-0.15, -0.1) is 0 Å². The van der Waals surface area contributed by atoms with Crippen LogP contribution in [-0.2, 0) is 11.3 Å². The highest BCUT2D eigenvalue weighted by Crippen LogP contribution is 2.29. The molecule has 35 heavy (non-hydrogen) atoms. The molecule has 0 saturated heterocycles. The summed E-state index contributed by atoms with van der Waals surface area (Å²) in [5.41, 5.74) is 0.628. The monoisotopic (exact) mass is 476 g/mol. The Kier molecular flexibility index (Phi) is 7.15. The summed E-state index contributed by atoms with van der Waals surface area (Å²) in [5.74, 6) is -3.10. The summed E-state index contributed by atoms with van der Waals surface area (Å²) in [5, 5.41) is 2.61. The van der Waals surface area contributed by atoms with E-state index < -0.39 is 35.3 Å². The quantitative estimate of drug-likeness (QED) is 0.411. The fourth-order valence-corrected chi connectivity index (χ4v) is 3.51. The first-order valence-electron chi connectivity index (χ1n) is 10.5. The maximum absolute atomic E-state index is 15.0. The predicted octanol–water partition coefficient (Wildman–Crippen LogP) is 4.92. The zero-order chi connectivity index (χ0) is 24.8. The fourth-order valence-electron chi connectivity index (χ4n) is 3.51. The maximum Gasteiger partial charge on any atom is 0.275 e. The summed E-state index contributed by atoms with van der Waals surface area (Å²) < 4.78 is 41.8. The molecule has 0 fully saturated rings. The van der Waals surface area contributed by atoms with Crippen molar-refractivity contribution >= 4 is 17.5 Å². The van der Waals surface area contributed by atoms with E-state index in [0.29, 0.717) is 5.56 Å². The Labute approximate surface area is 199 Å². The summed E-state index contributed by atoms with van der Waals surface area (Å²) >= 11 is 0. The highest BCUT2D eigenvalue weighted by atomic mass is 19.1. The minimum absolute atomic E-state index is 0.0635. The summed E-state index contributed by atoms with van der Waals surface area (Å²) in [6.45, 7) is -0.161. The third-order valence-corrected chi connectivity index (χ3v) is 5.18. The number of aromatic nitrogens is 2. The van der Waals surface area contributed by atoms with E-state index in [4.69, 9.17) is 0 Å². The largest absolute Gasteiger partial charge is 0.324 e. The third-order valence-electron chi connectivity index (χ3n) is 5.18. The average Bonchev–Trinajstić information content (AvgIpc) is 2.87. The van der Waals surface area contributed by atoms with Crippen molar-refractivity contribution in [3.05, 3.63) is 126 Å². The molecule has 1 atom stereocenters. The second-order valence-electron chi connectivity index (χ2n) is 7.57. The normalized spacial score (nSPS) is 11.5. The molecule has 0 aliphatic carbocycles. The zero-order valence-corrected chi connectivity index (χ0v) is 18.2. The molecule has 176 valence electrons. The SMILES string of the molecule is O=C(Nc1ccc(F)cc1)[C@@H](c1ccccc1F)N(Cc1ccc(F)cc1)C(=O)c1cnccn1. The molecule has 0 aliphatic rings. The van der Waals surface area contributed by atoms with Crippen molar-refractivity contribution in [1.82, 2.24) is 14.9 Å². The van der Waals surface area contributed by atoms with Crippen LogP contribution in [0.4, 0.5) is 18.9 Å². The molecule has 1 heterocycles. The summed E-state index contributed by atoms with van der Waals surface area (Å²) in [4.78, 5) is 36.1. The smallest absolute Gasteiger partial charge is 0.275 e. The van der Waals surface area contributed by atoms with E-state index in [9.17, 15) is 22.8 Å². The van der Waals surface area contributed by atoms with Crippen LogP contribution in [-0.4, -0.2) is 26.7 Å². The number of nitrogens with one attached hydrogen (secondary N) is 1. The molecule has 9 heteroatoms. The van der Waals surface area contributed by atoms with E-state index in [-0.39, 0.29) is 23.5 Å². The van der Waals surface area contributed by atoms with Crippen LogP contribution in [0.5, 0.6) is 0 Å². The fraction of sp³-hybridized carbons (Fsp3) is 0.0769. The van der Waals surface area contributed by atoms with E-state index in [1.54, 1.807) is 6.07 Å². The van der Waals surface area contributed by atoms with Crippen LogP contribution >= 0.6 is 0 Å². The molecule has 0 spiro atoms. The Balaban J connectivity index is 1.79. The van der Waals surface area contributed by atoms with E-state index in [2.05, 4.69) is 15.3 Å². The molecule has 4 aromatic rings. The van der Waals surface area contributed by atoms with Gasteiger partial charge in [0.25, 0.3) is 11.8 Å². The third kappa shape index (κ3) is 5.70. The number of benzene rings is 3. The van der Waals surface area contributed by atoms with E-state index in [0.717, 1.165) is 17.0 Å². The summed E-state index contributed by atoms with van der Waals surface area (Å²) in [6.07, 6.45) is 3.94. The molecule has 0 radical (unpaired) electrons. The molecule has 1 aromatic heterocycles. The van der Waals surface area contributed by atoms with Crippen LogP contribution in [0.25, 0.3) is 0 Å². The molecule has 1 N–H and O–H groups in total. The van der Waals surface area contributed by atoms with Crippen molar-refractivity contribution in [1.29, 1.82) is 0 Å². The van der Waals surface area contributed by atoms with Gasteiger partial charge in [0.05, 0.1) is 6.20 Å². The number of anilines is 1. The molecule has 0 unspecified atom stereocenters. The lowest BCUT2D eigenvalue weighted by molar-refractivity contribution is -0.121. The number of amides is 2. The van der Waals surface area contributed by atoms with Crippen molar-refractivity contribution in [2.75, 3.05) is 5.32 Å². The number of carbonyl (C=O) groups is 2. The van der Waals surface area contributed by atoms with Gasteiger partial charge in [-0.05, 0) is 48.0 Å². The number of nitrogens with zero attached hydrogens (tertiary/aromatic N) is 3. The second-order valence-corrected chi connectivity index (χ2v) is 7.57. The van der Waals surface area contributed by atoms with Crippen molar-refractivity contribution in [3.8, 4) is 0 Å². The van der Waals surface area contributed by atoms with Crippen LogP contribution < -0.4 is 5.32 Å².